The molecule has 1 N–H and O–H groups in total. The average molecular weight is 274 g/mol. The molecule has 1 atom stereocenters. The molecule has 1 unspecified atom stereocenters. The van der Waals surface area contributed by atoms with Gasteiger partial charge in [-0.15, -0.1) is 0 Å². The number of fused-ring (bicyclic) bond motifs is 1. The lowest BCUT2D eigenvalue weighted by atomic mass is 9.99. The van der Waals surface area contributed by atoms with Gasteiger partial charge in [0, 0.05) is 12.2 Å². The lowest BCUT2D eigenvalue weighted by Crippen LogP contribution is -2.19. The van der Waals surface area contributed by atoms with Crippen LogP contribution in [0.25, 0.3) is 10.8 Å². The van der Waals surface area contributed by atoms with Gasteiger partial charge in [-0.1, -0.05) is 30.3 Å². The number of rotatable bonds is 5. The number of phenolic OH excluding ortho intramolecular Hbond substituents is 1. The minimum atomic E-state index is -0.911. The highest BCUT2D eigenvalue weighted by molar-refractivity contribution is 5.92. The Bertz CT molecular complexity index is 606. The van der Waals surface area contributed by atoms with Gasteiger partial charge in [-0.2, -0.15) is 0 Å². The van der Waals surface area contributed by atoms with E-state index >= 15 is 0 Å². The molecule has 0 radical (unpaired) electrons. The highest BCUT2D eigenvalue weighted by atomic mass is 16.6. The molecule has 0 aliphatic heterocycles. The second-order valence-electron chi connectivity index (χ2n) is 4.31. The zero-order chi connectivity index (χ0) is 14.5. The molecule has 4 nitrogen and oxygen atoms in total. The van der Waals surface area contributed by atoms with Crippen molar-refractivity contribution >= 4 is 16.7 Å². The van der Waals surface area contributed by atoms with E-state index in [4.69, 9.17) is 9.47 Å². The first-order valence-corrected chi connectivity index (χ1v) is 6.67. The number of carbonyl (C=O) groups is 1. The van der Waals surface area contributed by atoms with Crippen LogP contribution in [0.4, 0.5) is 0 Å². The van der Waals surface area contributed by atoms with Crippen LogP contribution in [0.15, 0.2) is 36.4 Å². The van der Waals surface area contributed by atoms with Gasteiger partial charge in [0.05, 0.1) is 6.61 Å². The molecule has 20 heavy (non-hydrogen) atoms. The van der Waals surface area contributed by atoms with E-state index in [0.29, 0.717) is 12.2 Å². The SMILES string of the molecule is CCOC(=O)C(OCC)c1c(O)ccc2ccccc12. The number of esters is 1. The Morgan fingerprint density at radius 3 is 2.60 bits per heavy atom. The lowest BCUT2D eigenvalue weighted by molar-refractivity contribution is -0.157. The fraction of sp³-hybridized carbons (Fsp3) is 0.312. The molecule has 0 bridgehead atoms. The molecule has 0 aromatic heterocycles. The zero-order valence-electron chi connectivity index (χ0n) is 11.6. The van der Waals surface area contributed by atoms with Crippen molar-refractivity contribution in [3.63, 3.8) is 0 Å². The number of benzene rings is 2. The molecule has 0 amide bonds. The maximum absolute atomic E-state index is 12.1. The second-order valence-corrected chi connectivity index (χ2v) is 4.31. The molecule has 0 saturated carbocycles. The summed E-state index contributed by atoms with van der Waals surface area (Å²) in [5.74, 6) is -0.448. The Morgan fingerprint density at radius 2 is 1.90 bits per heavy atom. The maximum Gasteiger partial charge on any atom is 0.340 e. The summed E-state index contributed by atoms with van der Waals surface area (Å²) in [6.45, 7) is 4.17. The molecule has 0 spiro atoms. The standard InChI is InChI=1S/C16H18O4/c1-3-19-15(16(18)20-4-2)14-12-8-6-5-7-11(12)9-10-13(14)17/h5-10,15,17H,3-4H2,1-2H3. The smallest absolute Gasteiger partial charge is 0.340 e. The number of hydrogen-bond donors (Lipinski definition) is 1. The summed E-state index contributed by atoms with van der Waals surface area (Å²) >= 11 is 0. The number of phenols is 1. The summed E-state index contributed by atoms with van der Waals surface area (Å²) in [5.41, 5.74) is 0.461. The summed E-state index contributed by atoms with van der Waals surface area (Å²) in [5, 5.41) is 11.9. The predicted molar refractivity (Wildman–Crippen MR) is 76.6 cm³/mol. The Labute approximate surface area is 117 Å². The zero-order valence-corrected chi connectivity index (χ0v) is 11.6. The number of ether oxygens (including phenoxy) is 2. The van der Waals surface area contributed by atoms with E-state index in [1.165, 1.54) is 0 Å². The fourth-order valence-electron chi connectivity index (χ4n) is 2.21. The Morgan fingerprint density at radius 1 is 1.15 bits per heavy atom. The third-order valence-corrected chi connectivity index (χ3v) is 3.04. The molecule has 0 aliphatic rings. The Hall–Kier alpha value is -2.07. The van der Waals surface area contributed by atoms with Crippen molar-refractivity contribution in [3.05, 3.63) is 42.0 Å². The van der Waals surface area contributed by atoms with Gasteiger partial charge in [-0.3, -0.25) is 0 Å². The maximum atomic E-state index is 12.1. The van der Waals surface area contributed by atoms with Gasteiger partial charge in [0.25, 0.3) is 0 Å². The molecular weight excluding hydrogens is 256 g/mol. The van der Waals surface area contributed by atoms with Crippen LogP contribution in [0.5, 0.6) is 5.75 Å². The Kier molecular flexibility index (Phi) is 4.58. The van der Waals surface area contributed by atoms with Crippen molar-refractivity contribution in [1.29, 1.82) is 0 Å². The van der Waals surface area contributed by atoms with Crippen molar-refractivity contribution in [2.75, 3.05) is 13.2 Å². The van der Waals surface area contributed by atoms with Crippen LogP contribution in [0.2, 0.25) is 0 Å². The van der Waals surface area contributed by atoms with E-state index in [0.717, 1.165) is 10.8 Å². The third kappa shape index (κ3) is 2.75. The van der Waals surface area contributed by atoms with Crippen LogP contribution in [0.1, 0.15) is 25.5 Å². The molecule has 2 rings (SSSR count). The molecule has 4 heteroatoms. The third-order valence-electron chi connectivity index (χ3n) is 3.04. The summed E-state index contributed by atoms with van der Waals surface area (Å²) in [6.07, 6.45) is -0.911. The molecule has 0 aliphatic carbocycles. The van der Waals surface area contributed by atoms with Gasteiger partial charge in [0.2, 0.25) is 0 Å². The van der Waals surface area contributed by atoms with E-state index in [2.05, 4.69) is 0 Å². The van der Waals surface area contributed by atoms with Gasteiger partial charge in [0.15, 0.2) is 6.10 Å². The summed E-state index contributed by atoms with van der Waals surface area (Å²) < 4.78 is 10.5. The Balaban J connectivity index is 2.57. The van der Waals surface area contributed by atoms with Gasteiger partial charge in [-0.05, 0) is 30.7 Å². The van der Waals surface area contributed by atoms with E-state index < -0.39 is 12.1 Å². The van der Waals surface area contributed by atoms with E-state index in [-0.39, 0.29) is 12.4 Å². The average Bonchev–Trinajstić information content (AvgIpc) is 2.46. The van der Waals surface area contributed by atoms with Crippen LogP contribution >= 0.6 is 0 Å². The van der Waals surface area contributed by atoms with Crippen molar-refractivity contribution in [2.24, 2.45) is 0 Å². The van der Waals surface area contributed by atoms with Crippen LogP contribution in [-0.2, 0) is 14.3 Å². The van der Waals surface area contributed by atoms with Gasteiger partial charge < -0.3 is 14.6 Å². The van der Waals surface area contributed by atoms with Gasteiger partial charge >= 0.3 is 5.97 Å². The summed E-state index contributed by atoms with van der Waals surface area (Å²) in [7, 11) is 0. The molecule has 106 valence electrons. The van der Waals surface area contributed by atoms with Crippen LogP contribution in [0.3, 0.4) is 0 Å². The van der Waals surface area contributed by atoms with Crippen LogP contribution in [-0.4, -0.2) is 24.3 Å². The van der Waals surface area contributed by atoms with Gasteiger partial charge in [-0.25, -0.2) is 4.79 Å². The first-order chi connectivity index (χ1) is 9.69. The molecule has 0 heterocycles. The quantitative estimate of drug-likeness (QED) is 0.851. The van der Waals surface area contributed by atoms with Gasteiger partial charge in [0.1, 0.15) is 5.75 Å². The molecule has 0 fully saturated rings. The van der Waals surface area contributed by atoms with E-state index in [9.17, 15) is 9.90 Å². The number of aromatic hydroxyl groups is 1. The molecule has 2 aromatic carbocycles. The monoisotopic (exact) mass is 274 g/mol. The van der Waals surface area contributed by atoms with Crippen molar-refractivity contribution in [1.82, 2.24) is 0 Å². The second kappa shape index (κ2) is 6.39. The lowest BCUT2D eigenvalue weighted by Gasteiger charge is -2.19. The molecule has 0 saturated heterocycles. The molecule has 2 aromatic rings. The molecular formula is C16H18O4. The predicted octanol–water partition coefficient (Wildman–Crippen LogP) is 3.19. The van der Waals surface area contributed by atoms with E-state index in [1.807, 2.05) is 30.3 Å². The van der Waals surface area contributed by atoms with Crippen molar-refractivity contribution in [2.45, 2.75) is 20.0 Å². The summed E-state index contributed by atoms with van der Waals surface area (Å²) in [6, 6.07) is 10.9. The van der Waals surface area contributed by atoms with E-state index in [1.54, 1.807) is 19.9 Å². The largest absolute Gasteiger partial charge is 0.508 e. The fourth-order valence-corrected chi connectivity index (χ4v) is 2.21. The first-order valence-electron chi connectivity index (χ1n) is 6.67. The highest BCUT2D eigenvalue weighted by Crippen LogP contribution is 2.34. The van der Waals surface area contributed by atoms with Crippen molar-refractivity contribution < 1.29 is 19.4 Å². The first kappa shape index (κ1) is 14.3. The number of carbonyl (C=O) groups excluding carboxylic acids is 1. The summed E-state index contributed by atoms with van der Waals surface area (Å²) in [4.78, 5) is 12.1. The minimum absolute atomic E-state index is 0.0372. The highest BCUT2D eigenvalue weighted by Gasteiger charge is 2.27. The van der Waals surface area contributed by atoms with Crippen LogP contribution < -0.4 is 0 Å². The van der Waals surface area contributed by atoms with Crippen molar-refractivity contribution in [3.8, 4) is 5.75 Å². The minimum Gasteiger partial charge on any atom is -0.508 e. The van der Waals surface area contributed by atoms with Crippen LogP contribution in [0, 0.1) is 0 Å². The number of hydrogen-bond acceptors (Lipinski definition) is 4. The normalized spacial score (nSPS) is 12.3. The topological polar surface area (TPSA) is 55.8 Å².